The number of rotatable bonds is 6. The van der Waals surface area contributed by atoms with Crippen LogP contribution in [0.25, 0.3) is 0 Å². The third-order valence-corrected chi connectivity index (χ3v) is 2.54. The highest BCUT2D eigenvalue weighted by Gasteiger charge is 2.37. The molecule has 0 saturated heterocycles. The Morgan fingerprint density at radius 3 is 2.62 bits per heavy atom. The monoisotopic (exact) mass is 221 g/mol. The van der Waals surface area contributed by atoms with Crippen molar-refractivity contribution in [2.75, 3.05) is 6.61 Å². The van der Waals surface area contributed by atoms with E-state index in [2.05, 4.69) is 11.6 Å². The Morgan fingerprint density at radius 2 is 2.19 bits per heavy atom. The fourth-order valence-electron chi connectivity index (χ4n) is 1.53. The van der Waals surface area contributed by atoms with Crippen molar-refractivity contribution in [3.63, 3.8) is 0 Å². The summed E-state index contributed by atoms with van der Waals surface area (Å²) in [7, 11) is 0. The van der Waals surface area contributed by atoms with Crippen molar-refractivity contribution in [3.05, 3.63) is 24.1 Å². The molecule has 0 N–H and O–H groups in total. The molecule has 0 radical (unpaired) electrons. The largest absolute Gasteiger partial charge is 0.491 e. The first-order valence-electron chi connectivity index (χ1n) is 5.51. The molecule has 0 aromatic carbocycles. The van der Waals surface area contributed by atoms with Gasteiger partial charge in [0.05, 0.1) is 12.3 Å². The quantitative estimate of drug-likeness (QED) is 0.299. The van der Waals surface area contributed by atoms with E-state index in [1.54, 1.807) is 6.08 Å². The van der Waals surface area contributed by atoms with Crippen molar-refractivity contribution in [3.8, 4) is 0 Å². The van der Waals surface area contributed by atoms with E-state index in [0.717, 1.165) is 24.1 Å². The fraction of sp³-hybridized carbons (Fsp3) is 0.538. The Kier molecular flexibility index (Phi) is 4.47. The normalized spacial score (nSPS) is 24.2. The number of allylic oxidation sites excluding steroid dienone is 2. The van der Waals surface area contributed by atoms with Gasteiger partial charge in [0.1, 0.15) is 12.0 Å². The third kappa shape index (κ3) is 3.65. The molecule has 1 rings (SSSR count). The Balaban J connectivity index is 2.52. The minimum Gasteiger partial charge on any atom is -0.491 e. The summed E-state index contributed by atoms with van der Waals surface area (Å²) < 4.78 is 5.61. The van der Waals surface area contributed by atoms with Gasteiger partial charge in [-0.2, -0.15) is 0 Å². The van der Waals surface area contributed by atoms with Crippen LogP contribution in [0.15, 0.2) is 29.1 Å². The topological polar surface area (TPSA) is 38.7 Å². The minimum absolute atomic E-state index is 0.197. The number of carbonyl (C=O) groups excluding carboxylic acids is 1. The zero-order valence-corrected chi connectivity index (χ0v) is 10.2. The van der Waals surface area contributed by atoms with Gasteiger partial charge in [-0.1, -0.05) is 6.58 Å². The van der Waals surface area contributed by atoms with Gasteiger partial charge in [0.25, 0.3) is 0 Å². The summed E-state index contributed by atoms with van der Waals surface area (Å²) in [5.41, 5.74) is 1.82. The van der Waals surface area contributed by atoms with Crippen LogP contribution in [0.1, 0.15) is 27.2 Å². The van der Waals surface area contributed by atoms with Crippen molar-refractivity contribution in [2.24, 2.45) is 16.8 Å². The first kappa shape index (κ1) is 12.7. The second-order valence-electron chi connectivity index (χ2n) is 4.32. The molecule has 0 aromatic heterocycles. The first-order chi connectivity index (χ1) is 7.58. The highest BCUT2D eigenvalue weighted by molar-refractivity contribution is 5.80. The molecule has 0 spiro atoms. The van der Waals surface area contributed by atoms with E-state index in [1.165, 1.54) is 0 Å². The molecule has 1 aliphatic carbocycles. The molecule has 0 heterocycles. The number of ether oxygens (including phenoxy) is 1. The highest BCUT2D eigenvalue weighted by atomic mass is 16.5. The summed E-state index contributed by atoms with van der Waals surface area (Å²) in [5.74, 6) is 1.28. The Labute approximate surface area is 96.9 Å². The van der Waals surface area contributed by atoms with Crippen molar-refractivity contribution in [1.29, 1.82) is 0 Å². The summed E-state index contributed by atoms with van der Waals surface area (Å²) in [6.07, 6.45) is 3.62. The molecule has 1 aliphatic rings. The molecular weight excluding hydrogens is 202 g/mol. The third-order valence-electron chi connectivity index (χ3n) is 2.54. The van der Waals surface area contributed by atoms with Gasteiger partial charge in [-0.15, -0.1) is 0 Å². The van der Waals surface area contributed by atoms with Crippen LogP contribution in [0.3, 0.4) is 0 Å². The number of aliphatic imine (C=N–C) groups is 1. The first-order valence-corrected chi connectivity index (χ1v) is 5.51. The van der Waals surface area contributed by atoms with Crippen LogP contribution in [0, 0.1) is 11.8 Å². The lowest BCUT2D eigenvalue weighted by molar-refractivity contribution is -0.109. The molecule has 16 heavy (non-hydrogen) atoms. The van der Waals surface area contributed by atoms with E-state index in [4.69, 9.17) is 4.74 Å². The Morgan fingerprint density at radius 1 is 1.50 bits per heavy atom. The van der Waals surface area contributed by atoms with Gasteiger partial charge < -0.3 is 9.53 Å². The van der Waals surface area contributed by atoms with Crippen LogP contribution in [0.2, 0.25) is 0 Å². The standard InChI is InChI=1S/C13H19NO2/c1-5-13(10(4)14-9(2)3)16-8-12-6-11(12)7-15/h5,7,11-12H,1,6,8H2,2-4H3/b13-10+. The number of aldehydes is 1. The van der Waals surface area contributed by atoms with Crippen LogP contribution in [0.4, 0.5) is 0 Å². The molecule has 0 aliphatic heterocycles. The van der Waals surface area contributed by atoms with E-state index in [9.17, 15) is 4.79 Å². The SMILES string of the molecule is C=C/C(OCC1CC1C=O)=C(/C)N=C(C)C. The molecule has 1 fully saturated rings. The molecule has 0 bridgehead atoms. The fourth-order valence-corrected chi connectivity index (χ4v) is 1.53. The lowest BCUT2D eigenvalue weighted by Gasteiger charge is -2.08. The van der Waals surface area contributed by atoms with Gasteiger partial charge in [-0.25, -0.2) is 0 Å². The Bertz CT molecular complexity index is 338. The van der Waals surface area contributed by atoms with Gasteiger partial charge in [0.2, 0.25) is 0 Å². The molecule has 2 unspecified atom stereocenters. The summed E-state index contributed by atoms with van der Waals surface area (Å²) >= 11 is 0. The zero-order chi connectivity index (χ0) is 12.1. The number of nitrogens with zero attached hydrogens (tertiary/aromatic N) is 1. The second kappa shape index (κ2) is 5.64. The molecule has 1 saturated carbocycles. The summed E-state index contributed by atoms with van der Waals surface area (Å²) in [4.78, 5) is 14.8. The van der Waals surface area contributed by atoms with E-state index in [1.807, 2.05) is 20.8 Å². The van der Waals surface area contributed by atoms with Gasteiger partial charge >= 0.3 is 0 Å². The highest BCUT2D eigenvalue weighted by Crippen LogP contribution is 2.37. The van der Waals surface area contributed by atoms with Gasteiger partial charge in [0.15, 0.2) is 0 Å². The Hall–Kier alpha value is -1.38. The van der Waals surface area contributed by atoms with E-state index in [0.29, 0.717) is 18.3 Å². The number of carbonyl (C=O) groups is 1. The molecule has 3 nitrogen and oxygen atoms in total. The van der Waals surface area contributed by atoms with E-state index >= 15 is 0 Å². The number of hydrogen-bond donors (Lipinski definition) is 0. The summed E-state index contributed by atoms with van der Waals surface area (Å²) in [6, 6.07) is 0. The molecule has 0 amide bonds. The lowest BCUT2D eigenvalue weighted by atomic mass is 10.3. The average Bonchev–Trinajstić information content (AvgIpc) is 2.96. The van der Waals surface area contributed by atoms with Crippen molar-refractivity contribution in [2.45, 2.75) is 27.2 Å². The van der Waals surface area contributed by atoms with E-state index < -0.39 is 0 Å². The van der Waals surface area contributed by atoms with Crippen LogP contribution in [-0.4, -0.2) is 18.6 Å². The number of hydrogen-bond acceptors (Lipinski definition) is 3. The maximum absolute atomic E-state index is 10.5. The smallest absolute Gasteiger partial charge is 0.139 e. The molecule has 88 valence electrons. The molecule has 3 heteroatoms. The van der Waals surface area contributed by atoms with Crippen LogP contribution >= 0.6 is 0 Å². The summed E-state index contributed by atoms with van der Waals surface area (Å²) in [5, 5.41) is 0. The molecule has 2 atom stereocenters. The van der Waals surface area contributed by atoms with Crippen molar-refractivity contribution in [1.82, 2.24) is 0 Å². The maximum atomic E-state index is 10.5. The van der Waals surface area contributed by atoms with E-state index in [-0.39, 0.29) is 5.92 Å². The van der Waals surface area contributed by atoms with Crippen LogP contribution in [-0.2, 0) is 9.53 Å². The van der Waals surface area contributed by atoms with Crippen molar-refractivity contribution >= 4 is 12.0 Å². The van der Waals surface area contributed by atoms with Gasteiger partial charge in [-0.05, 0) is 33.3 Å². The average molecular weight is 221 g/mol. The summed E-state index contributed by atoms with van der Waals surface area (Å²) in [6.45, 7) is 10.1. The van der Waals surface area contributed by atoms with Crippen LogP contribution < -0.4 is 0 Å². The molecule has 0 aromatic rings. The molecular formula is C13H19NO2. The lowest BCUT2D eigenvalue weighted by Crippen LogP contribution is -1.99. The predicted molar refractivity (Wildman–Crippen MR) is 65.3 cm³/mol. The second-order valence-corrected chi connectivity index (χ2v) is 4.32. The zero-order valence-electron chi connectivity index (χ0n) is 10.2. The maximum Gasteiger partial charge on any atom is 0.139 e. The minimum atomic E-state index is 0.197. The predicted octanol–water partition coefficient (Wildman–Crippen LogP) is 2.74. The van der Waals surface area contributed by atoms with Gasteiger partial charge in [0, 0.05) is 17.5 Å². The van der Waals surface area contributed by atoms with Gasteiger partial charge in [-0.3, -0.25) is 4.99 Å². The van der Waals surface area contributed by atoms with Crippen LogP contribution in [0.5, 0.6) is 0 Å². The van der Waals surface area contributed by atoms with Crippen molar-refractivity contribution < 1.29 is 9.53 Å².